The third-order valence-electron chi connectivity index (χ3n) is 2.23. The van der Waals surface area contributed by atoms with Crippen molar-refractivity contribution in [3.63, 3.8) is 0 Å². The summed E-state index contributed by atoms with van der Waals surface area (Å²) in [6, 6.07) is 7.74. The molecule has 0 radical (unpaired) electrons. The van der Waals surface area contributed by atoms with E-state index in [0.717, 1.165) is 17.9 Å². The van der Waals surface area contributed by atoms with Crippen molar-refractivity contribution in [2.24, 2.45) is 5.92 Å². The molecular formula is C11H18N2O. The molecule has 78 valence electrons. The number of hydrogen-bond donors (Lipinski definition) is 2. The van der Waals surface area contributed by atoms with Crippen LogP contribution in [0.15, 0.2) is 24.3 Å². The summed E-state index contributed by atoms with van der Waals surface area (Å²) in [6.07, 6.45) is 0. The van der Waals surface area contributed by atoms with Gasteiger partial charge in [0.15, 0.2) is 0 Å². The lowest BCUT2D eigenvalue weighted by Gasteiger charge is -2.22. The highest BCUT2D eigenvalue weighted by Crippen LogP contribution is 2.15. The van der Waals surface area contributed by atoms with E-state index in [4.69, 9.17) is 10.8 Å². The summed E-state index contributed by atoms with van der Waals surface area (Å²) in [5, 5.41) is 8.93. The summed E-state index contributed by atoms with van der Waals surface area (Å²) in [6.45, 7) is 3.09. The van der Waals surface area contributed by atoms with Crippen molar-refractivity contribution in [1.29, 1.82) is 0 Å². The van der Waals surface area contributed by atoms with Gasteiger partial charge >= 0.3 is 0 Å². The fourth-order valence-corrected chi connectivity index (χ4v) is 1.36. The number of hydrogen-bond acceptors (Lipinski definition) is 3. The van der Waals surface area contributed by atoms with E-state index in [9.17, 15) is 0 Å². The molecule has 0 bridgehead atoms. The van der Waals surface area contributed by atoms with Crippen molar-refractivity contribution in [1.82, 2.24) is 0 Å². The molecule has 1 aromatic carbocycles. The lowest BCUT2D eigenvalue weighted by Crippen LogP contribution is -2.25. The lowest BCUT2D eigenvalue weighted by molar-refractivity contribution is 0.240. The molecule has 0 saturated heterocycles. The van der Waals surface area contributed by atoms with Crippen LogP contribution in [0.5, 0.6) is 0 Å². The molecule has 14 heavy (non-hydrogen) atoms. The molecule has 3 N–H and O–H groups in total. The van der Waals surface area contributed by atoms with Gasteiger partial charge in [0.1, 0.15) is 0 Å². The molecule has 0 spiro atoms. The summed E-state index contributed by atoms with van der Waals surface area (Å²) < 4.78 is 0. The quantitative estimate of drug-likeness (QED) is 0.711. The Morgan fingerprint density at radius 2 is 1.93 bits per heavy atom. The highest BCUT2D eigenvalue weighted by molar-refractivity contribution is 5.52. The number of benzene rings is 1. The molecule has 0 aliphatic carbocycles. The van der Waals surface area contributed by atoms with Crippen LogP contribution in [-0.2, 0) is 0 Å². The zero-order chi connectivity index (χ0) is 10.6. The van der Waals surface area contributed by atoms with Crippen molar-refractivity contribution < 1.29 is 5.11 Å². The Kier molecular flexibility index (Phi) is 3.77. The minimum Gasteiger partial charge on any atom is -0.399 e. The zero-order valence-electron chi connectivity index (χ0n) is 8.77. The van der Waals surface area contributed by atoms with Crippen LogP contribution in [0.3, 0.4) is 0 Å². The topological polar surface area (TPSA) is 49.5 Å². The molecule has 1 atom stereocenters. The van der Waals surface area contributed by atoms with E-state index >= 15 is 0 Å². The number of aliphatic hydroxyl groups is 1. The van der Waals surface area contributed by atoms with E-state index in [1.807, 2.05) is 38.2 Å². The first-order valence-corrected chi connectivity index (χ1v) is 4.81. The predicted molar refractivity (Wildman–Crippen MR) is 60.4 cm³/mol. The Morgan fingerprint density at radius 1 is 1.36 bits per heavy atom. The molecule has 1 unspecified atom stereocenters. The van der Waals surface area contributed by atoms with Gasteiger partial charge in [0, 0.05) is 31.6 Å². The Hall–Kier alpha value is -1.22. The third kappa shape index (κ3) is 2.92. The highest BCUT2D eigenvalue weighted by atomic mass is 16.3. The SMILES string of the molecule is CC(CO)CN(C)c1ccc(N)cc1. The van der Waals surface area contributed by atoms with Gasteiger partial charge in [-0.2, -0.15) is 0 Å². The maximum absolute atomic E-state index is 8.93. The average molecular weight is 194 g/mol. The van der Waals surface area contributed by atoms with Crippen LogP contribution in [0.25, 0.3) is 0 Å². The fourth-order valence-electron chi connectivity index (χ4n) is 1.36. The number of rotatable bonds is 4. The predicted octanol–water partition coefficient (Wildman–Crippen LogP) is 1.33. The Morgan fingerprint density at radius 3 is 2.43 bits per heavy atom. The molecule has 3 nitrogen and oxygen atoms in total. The van der Waals surface area contributed by atoms with Gasteiger partial charge in [-0.05, 0) is 30.2 Å². The van der Waals surface area contributed by atoms with Crippen molar-refractivity contribution in [2.75, 3.05) is 30.8 Å². The monoisotopic (exact) mass is 194 g/mol. The summed E-state index contributed by atoms with van der Waals surface area (Å²) in [4.78, 5) is 2.11. The molecular weight excluding hydrogens is 176 g/mol. The maximum Gasteiger partial charge on any atom is 0.0473 e. The van der Waals surface area contributed by atoms with E-state index in [1.165, 1.54) is 0 Å². The van der Waals surface area contributed by atoms with Crippen LogP contribution in [0.1, 0.15) is 6.92 Å². The van der Waals surface area contributed by atoms with Crippen LogP contribution < -0.4 is 10.6 Å². The average Bonchev–Trinajstić information content (AvgIpc) is 2.18. The standard InChI is InChI=1S/C11H18N2O/c1-9(8-14)7-13(2)11-5-3-10(12)4-6-11/h3-6,9,14H,7-8,12H2,1-2H3. The minimum atomic E-state index is 0.222. The van der Waals surface area contributed by atoms with Crippen LogP contribution >= 0.6 is 0 Å². The Labute approximate surface area is 85.2 Å². The lowest BCUT2D eigenvalue weighted by atomic mass is 10.2. The maximum atomic E-state index is 8.93. The summed E-state index contributed by atoms with van der Waals surface area (Å²) in [5.41, 5.74) is 7.50. The van der Waals surface area contributed by atoms with Gasteiger partial charge in [-0.3, -0.25) is 0 Å². The van der Waals surface area contributed by atoms with E-state index in [2.05, 4.69) is 4.90 Å². The first kappa shape index (κ1) is 10.9. The van der Waals surface area contributed by atoms with Gasteiger partial charge in [0.05, 0.1) is 0 Å². The number of nitrogens with two attached hydrogens (primary N) is 1. The van der Waals surface area contributed by atoms with Gasteiger partial charge < -0.3 is 15.7 Å². The summed E-state index contributed by atoms with van der Waals surface area (Å²) >= 11 is 0. The van der Waals surface area contributed by atoms with E-state index in [-0.39, 0.29) is 12.5 Å². The van der Waals surface area contributed by atoms with Crippen LogP contribution in [0, 0.1) is 5.92 Å². The smallest absolute Gasteiger partial charge is 0.0473 e. The molecule has 0 heterocycles. The number of aliphatic hydroxyl groups excluding tert-OH is 1. The van der Waals surface area contributed by atoms with Crippen molar-refractivity contribution in [2.45, 2.75) is 6.92 Å². The largest absolute Gasteiger partial charge is 0.399 e. The van der Waals surface area contributed by atoms with Gasteiger partial charge in [0.2, 0.25) is 0 Å². The molecule has 0 aliphatic rings. The molecule has 0 fully saturated rings. The van der Waals surface area contributed by atoms with E-state index < -0.39 is 0 Å². The van der Waals surface area contributed by atoms with Crippen molar-refractivity contribution in [3.8, 4) is 0 Å². The normalized spacial score (nSPS) is 12.5. The molecule has 0 saturated carbocycles. The first-order chi connectivity index (χ1) is 6.63. The first-order valence-electron chi connectivity index (χ1n) is 4.81. The molecule has 0 amide bonds. The Balaban J connectivity index is 2.60. The Bertz CT molecular complexity index is 271. The second-order valence-corrected chi connectivity index (χ2v) is 3.76. The minimum absolute atomic E-state index is 0.222. The number of nitrogens with zero attached hydrogens (tertiary/aromatic N) is 1. The fraction of sp³-hybridized carbons (Fsp3) is 0.455. The molecule has 0 aromatic heterocycles. The van der Waals surface area contributed by atoms with Gasteiger partial charge in [-0.15, -0.1) is 0 Å². The van der Waals surface area contributed by atoms with E-state index in [1.54, 1.807) is 0 Å². The third-order valence-corrected chi connectivity index (χ3v) is 2.23. The van der Waals surface area contributed by atoms with Gasteiger partial charge in [0.25, 0.3) is 0 Å². The van der Waals surface area contributed by atoms with Crippen molar-refractivity contribution in [3.05, 3.63) is 24.3 Å². The summed E-state index contributed by atoms with van der Waals surface area (Å²) in [5.74, 6) is 0.289. The second-order valence-electron chi connectivity index (χ2n) is 3.76. The molecule has 0 aliphatic heterocycles. The summed E-state index contributed by atoms with van der Waals surface area (Å²) in [7, 11) is 2.01. The molecule has 1 aromatic rings. The van der Waals surface area contributed by atoms with E-state index in [0.29, 0.717) is 0 Å². The number of nitrogen functional groups attached to an aromatic ring is 1. The van der Waals surface area contributed by atoms with Gasteiger partial charge in [-0.25, -0.2) is 0 Å². The molecule has 3 heteroatoms. The number of anilines is 2. The van der Waals surface area contributed by atoms with Crippen LogP contribution in [0.4, 0.5) is 11.4 Å². The second kappa shape index (κ2) is 4.86. The van der Waals surface area contributed by atoms with Crippen LogP contribution in [0.2, 0.25) is 0 Å². The molecule has 1 rings (SSSR count). The zero-order valence-corrected chi connectivity index (χ0v) is 8.77. The van der Waals surface area contributed by atoms with Crippen LogP contribution in [-0.4, -0.2) is 25.3 Å². The van der Waals surface area contributed by atoms with Gasteiger partial charge in [-0.1, -0.05) is 6.92 Å². The highest BCUT2D eigenvalue weighted by Gasteiger charge is 2.05. The van der Waals surface area contributed by atoms with Crippen molar-refractivity contribution >= 4 is 11.4 Å².